The monoisotopic (exact) mass is 948 g/mol. The van der Waals surface area contributed by atoms with Crippen molar-refractivity contribution in [2.45, 2.75) is 52.7 Å². The summed E-state index contributed by atoms with van der Waals surface area (Å²) in [5.41, 5.74) is 0.777. The average molecular weight is 950 g/mol. The standard InChI is InChI=1S/C25H28ClN5O3.C24H26ClN5O3/c1-25(2,3)34-24(33)31-14-12-30(13-15-31)21-16-19(27-23(26)28-21)22(32)29(4)20-11-7-9-17-8-5-6-10-18(17)20;1-24(2,3)33-23(32)30-13-11-29(12-14-30)20-15-19(27-22(25)28-20)21(31)26-18-10-6-8-16-7-4-5-9-17(16)18/h5-11,16H,12-15H2,1-4H3;4-10,15H,11-14H2,1-3H3,(H,26,31). The van der Waals surface area contributed by atoms with E-state index in [0.29, 0.717) is 69.7 Å². The number of hydrogen-bond acceptors (Lipinski definition) is 12. The number of nitrogens with zero attached hydrogens (tertiary/aromatic N) is 9. The molecule has 0 bridgehead atoms. The summed E-state index contributed by atoms with van der Waals surface area (Å²) < 4.78 is 10.9. The molecule has 4 amide bonds. The van der Waals surface area contributed by atoms with Crippen molar-refractivity contribution in [2.75, 3.05) is 79.4 Å². The number of fused-ring (bicyclic) bond motifs is 2. The molecule has 2 saturated heterocycles. The van der Waals surface area contributed by atoms with Gasteiger partial charge in [-0.25, -0.2) is 29.5 Å². The van der Waals surface area contributed by atoms with E-state index in [9.17, 15) is 19.2 Å². The SMILES string of the molecule is CC(C)(C)OC(=O)N1CCN(c2cc(C(=O)Nc3cccc4ccccc34)nc(Cl)n2)CC1.CN(C(=O)c1cc(N2CCN(C(=O)OC(C)(C)C)CC2)nc(Cl)n1)c1cccc2ccccc12. The fourth-order valence-corrected chi connectivity index (χ4v) is 7.91. The number of benzene rings is 4. The predicted molar refractivity (Wildman–Crippen MR) is 263 cm³/mol. The van der Waals surface area contributed by atoms with Crippen molar-refractivity contribution >= 4 is 91.8 Å². The highest BCUT2D eigenvalue weighted by Crippen LogP contribution is 2.29. The molecular formula is C49H54Cl2N10O6. The number of hydrogen-bond donors (Lipinski definition) is 1. The predicted octanol–water partition coefficient (Wildman–Crippen LogP) is 9.21. The third-order valence-electron chi connectivity index (χ3n) is 10.8. The molecule has 2 aromatic heterocycles. The summed E-state index contributed by atoms with van der Waals surface area (Å²) in [6.07, 6.45) is -0.668. The molecule has 0 radical (unpaired) electrons. The maximum atomic E-state index is 13.3. The topological polar surface area (TPSA) is 167 Å². The quantitative estimate of drug-likeness (QED) is 0.158. The van der Waals surface area contributed by atoms with E-state index in [4.69, 9.17) is 32.7 Å². The summed E-state index contributed by atoms with van der Waals surface area (Å²) in [4.78, 5) is 76.8. The second-order valence-electron chi connectivity index (χ2n) is 18.0. The van der Waals surface area contributed by atoms with Gasteiger partial charge < -0.3 is 39.3 Å². The third kappa shape index (κ3) is 12.4. The van der Waals surface area contributed by atoms with Gasteiger partial charge in [-0.2, -0.15) is 0 Å². The molecule has 6 aromatic rings. The van der Waals surface area contributed by atoms with Gasteiger partial charge >= 0.3 is 12.2 Å². The van der Waals surface area contributed by atoms with Gasteiger partial charge in [0.1, 0.15) is 34.2 Å². The Morgan fingerprint density at radius 3 is 1.52 bits per heavy atom. The second-order valence-corrected chi connectivity index (χ2v) is 18.7. The molecule has 0 atom stereocenters. The Morgan fingerprint density at radius 2 is 1.00 bits per heavy atom. The molecule has 1 N–H and O–H groups in total. The minimum atomic E-state index is -0.542. The van der Waals surface area contributed by atoms with Crippen molar-refractivity contribution in [3.63, 3.8) is 0 Å². The van der Waals surface area contributed by atoms with Crippen molar-refractivity contribution < 1.29 is 28.7 Å². The number of halogens is 2. The van der Waals surface area contributed by atoms with Gasteiger partial charge in [0, 0.05) is 88.0 Å². The number of piperazine rings is 2. The van der Waals surface area contributed by atoms with Gasteiger partial charge in [-0.05, 0) is 87.6 Å². The minimum Gasteiger partial charge on any atom is -0.444 e. The largest absolute Gasteiger partial charge is 0.444 e. The van der Waals surface area contributed by atoms with E-state index in [0.717, 1.165) is 27.2 Å². The van der Waals surface area contributed by atoms with Crippen molar-refractivity contribution in [1.29, 1.82) is 0 Å². The number of aromatic nitrogens is 4. The number of ether oxygens (including phenoxy) is 2. The van der Waals surface area contributed by atoms with Gasteiger partial charge in [0.15, 0.2) is 0 Å². The van der Waals surface area contributed by atoms with Gasteiger partial charge in [-0.15, -0.1) is 0 Å². The molecule has 67 heavy (non-hydrogen) atoms. The highest BCUT2D eigenvalue weighted by molar-refractivity contribution is 6.29. The summed E-state index contributed by atoms with van der Waals surface area (Å²) in [7, 11) is 1.72. The number of nitrogens with one attached hydrogen (secondary N) is 1. The summed E-state index contributed by atoms with van der Waals surface area (Å²) in [6, 6.07) is 30.5. The number of anilines is 4. The van der Waals surface area contributed by atoms with Crippen LogP contribution in [0.2, 0.25) is 10.6 Å². The maximum Gasteiger partial charge on any atom is 0.410 e. The van der Waals surface area contributed by atoms with Crippen molar-refractivity contribution in [2.24, 2.45) is 0 Å². The Bertz CT molecular complexity index is 2770. The van der Waals surface area contributed by atoms with Crippen molar-refractivity contribution in [3.05, 3.63) is 119 Å². The minimum absolute atomic E-state index is 0.00161. The number of carbonyl (C=O) groups excluding carboxylic acids is 4. The Balaban J connectivity index is 0.000000199. The molecule has 2 aliphatic heterocycles. The van der Waals surface area contributed by atoms with E-state index in [2.05, 4.69) is 25.3 Å². The molecule has 0 saturated carbocycles. The maximum absolute atomic E-state index is 13.3. The summed E-state index contributed by atoms with van der Waals surface area (Å²) >= 11 is 12.4. The van der Waals surface area contributed by atoms with Crippen LogP contribution in [0.3, 0.4) is 0 Å². The lowest BCUT2D eigenvalue weighted by Gasteiger charge is -2.36. The first-order chi connectivity index (χ1) is 31.8. The molecule has 0 spiro atoms. The van der Waals surface area contributed by atoms with Crippen LogP contribution in [0, 0.1) is 0 Å². The van der Waals surface area contributed by atoms with E-state index in [-0.39, 0.29) is 46.0 Å². The molecule has 0 aliphatic carbocycles. The first-order valence-corrected chi connectivity index (χ1v) is 22.7. The molecule has 18 heteroatoms. The molecule has 8 rings (SSSR count). The van der Waals surface area contributed by atoms with Gasteiger partial charge in [0.2, 0.25) is 10.6 Å². The van der Waals surface area contributed by atoms with E-state index in [1.807, 2.05) is 136 Å². The Morgan fingerprint density at radius 1 is 0.567 bits per heavy atom. The lowest BCUT2D eigenvalue weighted by Crippen LogP contribution is -2.50. The lowest BCUT2D eigenvalue weighted by molar-refractivity contribution is 0.0230. The normalized spacial score (nSPS) is 14.3. The molecule has 0 unspecified atom stereocenters. The van der Waals surface area contributed by atoms with Gasteiger partial charge in [-0.3, -0.25) is 9.59 Å². The van der Waals surface area contributed by atoms with Crippen molar-refractivity contribution in [3.8, 4) is 0 Å². The van der Waals surface area contributed by atoms with Gasteiger partial charge in [0.25, 0.3) is 11.8 Å². The van der Waals surface area contributed by atoms with Crippen LogP contribution in [0.25, 0.3) is 21.5 Å². The van der Waals surface area contributed by atoms with E-state index in [1.165, 1.54) is 0 Å². The molecule has 350 valence electrons. The van der Waals surface area contributed by atoms with E-state index >= 15 is 0 Å². The summed E-state index contributed by atoms with van der Waals surface area (Å²) in [6.45, 7) is 15.1. The number of carbonyl (C=O) groups is 4. The fourth-order valence-electron chi connectivity index (χ4n) is 7.55. The lowest BCUT2D eigenvalue weighted by atomic mass is 10.1. The molecule has 4 aromatic carbocycles. The molecule has 4 heterocycles. The van der Waals surface area contributed by atoms with Crippen LogP contribution in [-0.2, 0) is 9.47 Å². The molecule has 2 fully saturated rings. The Hall–Kier alpha value is -6.78. The third-order valence-corrected chi connectivity index (χ3v) is 11.1. The van der Waals surface area contributed by atoms with Crippen LogP contribution in [0.4, 0.5) is 32.6 Å². The first-order valence-electron chi connectivity index (χ1n) is 21.9. The van der Waals surface area contributed by atoms with Crippen LogP contribution in [0.15, 0.2) is 97.1 Å². The zero-order valence-electron chi connectivity index (χ0n) is 38.6. The van der Waals surface area contributed by atoms with Crippen molar-refractivity contribution in [1.82, 2.24) is 29.7 Å². The summed E-state index contributed by atoms with van der Waals surface area (Å²) in [5, 5.41) is 6.90. The van der Waals surface area contributed by atoms with Gasteiger partial charge in [-0.1, -0.05) is 72.8 Å². The van der Waals surface area contributed by atoms with Crippen LogP contribution < -0.4 is 20.0 Å². The molecule has 16 nitrogen and oxygen atoms in total. The first kappa shape index (κ1) is 48.2. The molecule has 2 aliphatic rings. The van der Waals surface area contributed by atoms with Crippen LogP contribution >= 0.6 is 23.2 Å². The fraction of sp³-hybridized carbons (Fsp3) is 0.347. The smallest absolute Gasteiger partial charge is 0.410 e. The van der Waals surface area contributed by atoms with Crippen LogP contribution in [0.5, 0.6) is 0 Å². The van der Waals surface area contributed by atoms with Crippen LogP contribution in [0.1, 0.15) is 62.5 Å². The zero-order valence-corrected chi connectivity index (χ0v) is 40.1. The number of rotatable bonds is 6. The highest BCUT2D eigenvalue weighted by atomic mass is 35.5. The van der Waals surface area contributed by atoms with E-state index < -0.39 is 11.2 Å². The van der Waals surface area contributed by atoms with Crippen LogP contribution in [-0.4, -0.2) is 124 Å². The Labute approximate surface area is 399 Å². The van der Waals surface area contributed by atoms with E-state index in [1.54, 1.807) is 33.9 Å². The summed E-state index contributed by atoms with van der Waals surface area (Å²) in [5.74, 6) is 0.444. The highest BCUT2D eigenvalue weighted by Gasteiger charge is 2.29. The zero-order chi connectivity index (χ0) is 48.0. The van der Waals surface area contributed by atoms with Gasteiger partial charge in [0.05, 0.1) is 5.69 Å². The molecular weight excluding hydrogens is 896 g/mol. The number of amides is 4. The Kier molecular flexibility index (Phi) is 14.7. The average Bonchev–Trinajstić information content (AvgIpc) is 3.30. The second kappa shape index (κ2) is 20.4.